The average Bonchev–Trinajstić information content (AvgIpc) is 3.17. The molecule has 0 atom stereocenters. The topological polar surface area (TPSA) is 55.1 Å². The fourth-order valence-electron chi connectivity index (χ4n) is 2.73. The van der Waals surface area contributed by atoms with E-state index in [1.54, 1.807) is 11.3 Å². The second-order valence-corrected chi connectivity index (χ2v) is 6.72. The molecule has 4 rings (SSSR count). The lowest BCUT2D eigenvalue weighted by Gasteiger charge is -2.03. The van der Waals surface area contributed by atoms with Crippen molar-refractivity contribution in [3.8, 4) is 5.69 Å². The first-order chi connectivity index (χ1) is 12.2. The maximum atomic E-state index is 4.63. The molecule has 0 amide bonds. The summed E-state index contributed by atoms with van der Waals surface area (Å²) < 4.78 is 3.08. The predicted molar refractivity (Wildman–Crippen MR) is 104 cm³/mol. The van der Waals surface area contributed by atoms with Gasteiger partial charge in [0.15, 0.2) is 0 Å². The van der Waals surface area contributed by atoms with Crippen molar-refractivity contribution in [1.82, 2.24) is 14.8 Å². The molecule has 2 aromatic heterocycles. The van der Waals surface area contributed by atoms with Gasteiger partial charge in [0.25, 0.3) is 0 Å². The Morgan fingerprint density at radius 1 is 1.04 bits per heavy atom. The van der Waals surface area contributed by atoms with Crippen LogP contribution in [0.3, 0.4) is 0 Å². The van der Waals surface area contributed by atoms with Gasteiger partial charge in [-0.1, -0.05) is 41.7 Å². The molecule has 0 unspecified atom stereocenters. The van der Waals surface area contributed by atoms with E-state index in [0.29, 0.717) is 0 Å². The Kier molecular flexibility index (Phi) is 4.03. The lowest BCUT2D eigenvalue weighted by Crippen LogP contribution is -1.99. The van der Waals surface area contributed by atoms with Crippen LogP contribution in [0.5, 0.6) is 0 Å². The molecule has 5 nitrogen and oxygen atoms in total. The highest BCUT2D eigenvalue weighted by Gasteiger charge is 2.11. The second-order valence-electron chi connectivity index (χ2n) is 5.69. The Bertz CT molecular complexity index is 1010. The predicted octanol–water partition coefficient (Wildman–Crippen LogP) is 4.54. The number of anilines is 1. The summed E-state index contributed by atoms with van der Waals surface area (Å²) in [4.78, 5) is 4.51. The summed E-state index contributed by atoms with van der Waals surface area (Å²) in [6, 6.07) is 18.2. The smallest absolute Gasteiger partial charge is 0.204 e. The van der Waals surface area contributed by atoms with Gasteiger partial charge in [-0.2, -0.15) is 10.2 Å². The molecular formula is C19H17N5S. The number of hydrogen-bond donors (Lipinski definition) is 1. The van der Waals surface area contributed by atoms with E-state index >= 15 is 0 Å². The Morgan fingerprint density at radius 3 is 2.60 bits per heavy atom. The van der Waals surface area contributed by atoms with Crippen LogP contribution in [0, 0.1) is 13.8 Å². The number of benzene rings is 2. The monoisotopic (exact) mass is 347 g/mol. The first kappa shape index (κ1) is 15.5. The van der Waals surface area contributed by atoms with Crippen LogP contribution in [0.25, 0.3) is 15.9 Å². The van der Waals surface area contributed by atoms with Crippen LogP contribution in [0.4, 0.5) is 5.13 Å². The van der Waals surface area contributed by atoms with Gasteiger partial charge in [-0.3, -0.25) is 5.43 Å². The third-order valence-electron chi connectivity index (χ3n) is 4.00. The lowest BCUT2D eigenvalue weighted by molar-refractivity contribution is 0.833. The zero-order valence-corrected chi connectivity index (χ0v) is 14.8. The van der Waals surface area contributed by atoms with Gasteiger partial charge in [0.2, 0.25) is 5.13 Å². The molecule has 1 N–H and O–H groups in total. The number of hydrazone groups is 1. The van der Waals surface area contributed by atoms with Crippen LogP contribution >= 0.6 is 11.3 Å². The molecule has 0 saturated heterocycles. The van der Waals surface area contributed by atoms with Gasteiger partial charge in [-0.15, -0.1) is 0 Å². The van der Waals surface area contributed by atoms with Crippen molar-refractivity contribution < 1.29 is 0 Å². The summed E-state index contributed by atoms with van der Waals surface area (Å²) in [5, 5.41) is 9.76. The molecule has 0 aliphatic heterocycles. The molecule has 0 aliphatic carbocycles. The van der Waals surface area contributed by atoms with E-state index in [2.05, 4.69) is 26.7 Å². The van der Waals surface area contributed by atoms with E-state index < -0.39 is 0 Å². The van der Waals surface area contributed by atoms with Crippen molar-refractivity contribution in [2.24, 2.45) is 5.10 Å². The minimum atomic E-state index is 0.781. The molecule has 2 aromatic carbocycles. The van der Waals surface area contributed by atoms with Gasteiger partial charge < -0.3 is 0 Å². The maximum absolute atomic E-state index is 4.63. The van der Waals surface area contributed by atoms with Crippen LogP contribution in [-0.2, 0) is 0 Å². The van der Waals surface area contributed by atoms with Gasteiger partial charge in [0, 0.05) is 5.56 Å². The number of aromatic nitrogens is 3. The number of aryl methyl sites for hydroxylation is 1. The minimum Gasteiger partial charge on any atom is -0.253 e. The standard InChI is InChI=1S/C19H17N5S/c1-13-16(14(2)24(23-13)15-8-4-3-5-9-15)12-20-22-19-21-17-10-6-7-11-18(17)25-19/h3-12H,1-2H3,(H,21,22)/b20-12+. The molecule has 0 saturated carbocycles. The highest BCUT2D eigenvalue weighted by molar-refractivity contribution is 7.22. The summed E-state index contributed by atoms with van der Waals surface area (Å²) in [7, 11) is 0. The largest absolute Gasteiger partial charge is 0.253 e. The number of nitrogens with zero attached hydrogens (tertiary/aromatic N) is 4. The summed E-state index contributed by atoms with van der Waals surface area (Å²) >= 11 is 1.59. The Hall–Kier alpha value is -2.99. The average molecular weight is 347 g/mol. The molecule has 0 aliphatic rings. The molecule has 0 spiro atoms. The molecule has 0 radical (unpaired) electrons. The Labute approximate surface area is 149 Å². The van der Waals surface area contributed by atoms with Crippen LogP contribution in [0.1, 0.15) is 17.0 Å². The van der Waals surface area contributed by atoms with Crippen molar-refractivity contribution in [1.29, 1.82) is 0 Å². The van der Waals surface area contributed by atoms with Gasteiger partial charge in [-0.25, -0.2) is 9.67 Å². The fraction of sp³-hybridized carbons (Fsp3) is 0.105. The zero-order chi connectivity index (χ0) is 17.2. The van der Waals surface area contributed by atoms with Gasteiger partial charge in [-0.05, 0) is 38.1 Å². The number of rotatable bonds is 4. The summed E-state index contributed by atoms with van der Waals surface area (Å²) in [6.07, 6.45) is 1.81. The van der Waals surface area contributed by atoms with Crippen molar-refractivity contribution in [3.63, 3.8) is 0 Å². The number of para-hydroxylation sites is 2. The Morgan fingerprint density at radius 2 is 1.80 bits per heavy atom. The SMILES string of the molecule is Cc1nn(-c2ccccc2)c(C)c1/C=N/Nc1nc2ccccc2s1. The lowest BCUT2D eigenvalue weighted by atomic mass is 10.2. The van der Waals surface area contributed by atoms with Gasteiger partial charge >= 0.3 is 0 Å². The van der Waals surface area contributed by atoms with Gasteiger partial charge in [0.05, 0.1) is 33.5 Å². The van der Waals surface area contributed by atoms with Crippen LogP contribution in [-0.4, -0.2) is 21.0 Å². The molecule has 6 heteroatoms. The minimum absolute atomic E-state index is 0.781. The molecule has 0 bridgehead atoms. The third kappa shape index (κ3) is 3.04. The van der Waals surface area contributed by atoms with E-state index in [9.17, 15) is 0 Å². The van der Waals surface area contributed by atoms with E-state index in [1.807, 2.05) is 73.3 Å². The number of hydrogen-bond acceptors (Lipinski definition) is 5. The normalized spacial score (nSPS) is 11.4. The molecule has 25 heavy (non-hydrogen) atoms. The highest BCUT2D eigenvalue weighted by atomic mass is 32.1. The summed E-state index contributed by atoms with van der Waals surface area (Å²) in [5.74, 6) is 0. The molecule has 4 aromatic rings. The van der Waals surface area contributed by atoms with E-state index in [4.69, 9.17) is 0 Å². The molecule has 124 valence electrons. The maximum Gasteiger partial charge on any atom is 0.204 e. The van der Waals surface area contributed by atoms with E-state index in [-0.39, 0.29) is 0 Å². The summed E-state index contributed by atoms with van der Waals surface area (Å²) in [6.45, 7) is 4.04. The molecular weight excluding hydrogens is 330 g/mol. The van der Waals surface area contributed by atoms with Gasteiger partial charge in [0.1, 0.15) is 0 Å². The summed E-state index contributed by atoms with van der Waals surface area (Å²) in [5.41, 5.74) is 8.06. The highest BCUT2D eigenvalue weighted by Crippen LogP contribution is 2.25. The van der Waals surface area contributed by atoms with E-state index in [0.717, 1.165) is 38.0 Å². The first-order valence-electron chi connectivity index (χ1n) is 7.98. The molecule has 2 heterocycles. The van der Waals surface area contributed by atoms with Crippen LogP contribution in [0.15, 0.2) is 59.7 Å². The van der Waals surface area contributed by atoms with Crippen LogP contribution in [0.2, 0.25) is 0 Å². The zero-order valence-electron chi connectivity index (χ0n) is 14.0. The van der Waals surface area contributed by atoms with Crippen molar-refractivity contribution in [2.75, 3.05) is 5.43 Å². The fourth-order valence-corrected chi connectivity index (χ4v) is 3.55. The molecule has 0 fully saturated rings. The quantitative estimate of drug-likeness (QED) is 0.435. The number of thiazole rings is 1. The van der Waals surface area contributed by atoms with Crippen molar-refractivity contribution in [3.05, 3.63) is 71.5 Å². The Balaban J connectivity index is 1.58. The van der Waals surface area contributed by atoms with Crippen molar-refractivity contribution >= 4 is 32.9 Å². The van der Waals surface area contributed by atoms with Crippen molar-refractivity contribution in [2.45, 2.75) is 13.8 Å². The number of nitrogens with one attached hydrogen (secondary N) is 1. The number of fused-ring (bicyclic) bond motifs is 1. The van der Waals surface area contributed by atoms with E-state index in [1.165, 1.54) is 0 Å². The van der Waals surface area contributed by atoms with Crippen LogP contribution < -0.4 is 5.43 Å². The third-order valence-corrected chi connectivity index (χ3v) is 4.94. The first-order valence-corrected chi connectivity index (χ1v) is 8.80. The second kappa shape index (κ2) is 6.49.